The number of hydrogen-bond acceptors (Lipinski definition) is 2. The van der Waals surface area contributed by atoms with E-state index in [4.69, 9.17) is 46.4 Å². The van der Waals surface area contributed by atoms with E-state index in [0.717, 1.165) is 19.3 Å². The highest BCUT2D eigenvalue weighted by molar-refractivity contribution is 7.14. The number of carbonyl (C=O) groups is 1. The summed E-state index contributed by atoms with van der Waals surface area (Å²) in [5, 5.41) is 0.739. The Balaban J connectivity index is 2.08. The lowest BCUT2D eigenvalue weighted by Gasteiger charge is -2.08. The Morgan fingerprint density at radius 3 is 2.45 bits per heavy atom. The SMILES string of the molecule is O=C(c1cc2c(s1)CCC2)c1c(Cl)cc(Cl)c(Cl)c1Cl. The van der Waals surface area contributed by atoms with Gasteiger partial charge < -0.3 is 0 Å². The van der Waals surface area contributed by atoms with Gasteiger partial charge in [-0.2, -0.15) is 0 Å². The molecule has 0 amide bonds. The fraction of sp³-hybridized carbons (Fsp3) is 0.214. The first-order chi connectivity index (χ1) is 9.49. The summed E-state index contributed by atoms with van der Waals surface area (Å²) in [6, 6.07) is 3.39. The number of aryl methyl sites for hydroxylation is 2. The van der Waals surface area contributed by atoms with Gasteiger partial charge in [0.05, 0.1) is 30.5 Å². The number of halogens is 4. The number of benzene rings is 1. The second-order valence-electron chi connectivity index (χ2n) is 4.58. The van der Waals surface area contributed by atoms with Crippen molar-refractivity contribution < 1.29 is 4.79 Å². The van der Waals surface area contributed by atoms with Gasteiger partial charge in [-0.25, -0.2) is 0 Å². The summed E-state index contributed by atoms with van der Waals surface area (Å²) in [4.78, 5) is 14.5. The molecule has 6 heteroatoms. The zero-order valence-electron chi connectivity index (χ0n) is 10.1. The van der Waals surface area contributed by atoms with E-state index in [1.54, 1.807) is 0 Å². The van der Waals surface area contributed by atoms with Crippen LogP contribution >= 0.6 is 57.7 Å². The molecule has 0 aliphatic heterocycles. The second-order valence-corrected chi connectivity index (χ2v) is 7.29. The fourth-order valence-corrected chi connectivity index (χ4v) is 4.62. The Bertz CT molecular complexity index is 699. The van der Waals surface area contributed by atoms with Crippen molar-refractivity contribution in [1.29, 1.82) is 0 Å². The van der Waals surface area contributed by atoms with Crippen LogP contribution in [0.25, 0.3) is 0 Å². The van der Waals surface area contributed by atoms with Crippen molar-refractivity contribution in [3.8, 4) is 0 Å². The predicted octanol–water partition coefficient (Wildman–Crippen LogP) is 6.08. The van der Waals surface area contributed by atoms with Gasteiger partial charge in [-0.05, 0) is 37.0 Å². The molecule has 0 N–H and O–H groups in total. The fourth-order valence-electron chi connectivity index (χ4n) is 2.34. The maximum atomic E-state index is 12.6. The summed E-state index contributed by atoms with van der Waals surface area (Å²) in [6.07, 6.45) is 3.22. The van der Waals surface area contributed by atoms with Crippen molar-refractivity contribution in [3.05, 3.63) is 53.1 Å². The van der Waals surface area contributed by atoms with E-state index >= 15 is 0 Å². The van der Waals surface area contributed by atoms with E-state index in [1.165, 1.54) is 27.8 Å². The molecule has 1 aromatic heterocycles. The molecule has 1 nitrogen and oxygen atoms in total. The Morgan fingerprint density at radius 2 is 1.75 bits per heavy atom. The van der Waals surface area contributed by atoms with Gasteiger partial charge in [0.15, 0.2) is 0 Å². The first kappa shape index (κ1) is 14.7. The molecule has 3 rings (SSSR count). The van der Waals surface area contributed by atoms with Crippen molar-refractivity contribution in [1.82, 2.24) is 0 Å². The van der Waals surface area contributed by atoms with Crippen molar-refractivity contribution >= 4 is 63.5 Å². The molecule has 0 saturated heterocycles. The molecular formula is C14H8Cl4OS. The van der Waals surface area contributed by atoms with Crippen LogP contribution in [0, 0.1) is 0 Å². The Morgan fingerprint density at radius 1 is 1.00 bits per heavy atom. The zero-order valence-corrected chi connectivity index (χ0v) is 13.9. The summed E-state index contributed by atoms with van der Waals surface area (Å²) in [5.74, 6) is -0.196. The summed E-state index contributed by atoms with van der Waals surface area (Å²) < 4.78 is 0. The van der Waals surface area contributed by atoms with Gasteiger partial charge in [0.1, 0.15) is 0 Å². The quantitative estimate of drug-likeness (QED) is 0.358. The average molecular weight is 366 g/mol. The molecule has 2 aromatic rings. The van der Waals surface area contributed by atoms with Gasteiger partial charge in [-0.1, -0.05) is 46.4 Å². The molecule has 0 radical (unpaired) electrons. The van der Waals surface area contributed by atoms with Crippen LogP contribution in [0.3, 0.4) is 0 Å². The summed E-state index contributed by atoms with van der Waals surface area (Å²) in [6.45, 7) is 0. The molecule has 0 bridgehead atoms. The van der Waals surface area contributed by atoms with Crippen LogP contribution in [0.5, 0.6) is 0 Å². The molecule has 0 spiro atoms. The van der Waals surface area contributed by atoms with E-state index in [1.807, 2.05) is 6.07 Å². The normalized spacial score (nSPS) is 13.6. The van der Waals surface area contributed by atoms with E-state index in [9.17, 15) is 4.79 Å². The first-order valence-electron chi connectivity index (χ1n) is 5.98. The monoisotopic (exact) mass is 364 g/mol. The summed E-state index contributed by atoms with van der Waals surface area (Å²) in [5.41, 5.74) is 1.48. The van der Waals surface area contributed by atoms with E-state index in [0.29, 0.717) is 4.88 Å². The molecule has 104 valence electrons. The van der Waals surface area contributed by atoms with Gasteiger partial charge in [0.2, 0.25) is 5.78 Å². The molecule has 1 heterocycles. The van der Waals surface area contributed by atoms with Crippen molar-refractivity contribution in [2.75, 3.05) is 0 Å². The molecule has 0 saturated carbocycles. The minimum Gasteiger partial charge on any atom is -0.288 e. The molecule has 1 aliphatic carbocycles. The topological polar surface area (TPSA) is 17.1 Å². The van der Waals surface area contributed by atoms with Gasteiger partial charge in [0, 0.05) is 4.88 Å². The first-order valence-corrected chi connectivity index (χ1v) is 8.31. The van der Waals surface area contributed by atoms with Gasteiger partial charge in [0.25, 0.3) is 0 Å². The number of fused-ring (bicyclic) bond motifs is 1. The van der Waals surface area contributed by atoms with Crippen molar-refractivity contribution in [3.63, 3.8) is 0 Å². The lowest BCUT2D eigenvalue weighted by atomic mass is 10.1. The Hall–Kier alpha value is -0.250. The Labute approximate surface area is 140 Å². The van der Waals surface area contributed by atoms with Crippen molar-refractivity contribution in [2.45, 2.75) is 19.3 Å². The molecule has 1 aromatic carbocycles. The smallest absolute Gasteiger partial charge is 0.206 e. The lowest BCUT2D eigenvalue weighted by Crippen LogP contribution is -2.02. The van der Waals surface area contributed by atoms with E-state index in [2.05, 4.69) is 0 Å². The predicted molar refractivity (Wildman–Crippen MR) is 86.3 cm³/mol. The molecule has 1 aliphatic rings. The molecule has 0 atom stereocenters. The minimum absolute atomic E-state index is 0.114. The number of thiophene rings is 1. The number of hydrogen-bond donors (Lipinski definition) is 0. The largest absolute Gasteiger partial charge is 0.288 e. The zero-order chi connectivity index (χ0) is 14.4. The highest BCUT2D eigenvalue weighted by Gasteiger charge is 2.24. The third-order valence-electron chi connectivity index (χ3n) is 3.31. The number of carbonyl (C=O) groups excluding carboxylic acids is 1. The summed E-state index contributed by atoms with van der Waals surface area (Å²) in [7, 11) is 0. The van der Waals surface area contributed by atoms with Crippen LogP contribution in [0.15, 0.2) is 12.1 Å². The van der Waals surface area contributed by atoms with Crippen LogP contribution in [0.4, 0.5) is 0 Å². The van der Waals surface area contributed by atoms with Gasteiger partial charge >= 0.3 is 0 Å². The molecular weight excluding hydrogens is 358 g/mol. The van der Waals surface area contributed by atoms with Gasteiger partial charge in [-0.15, -0.1) is 11.3 Å². The van der Waals surface area contributed by atoms with Gasteiger partial charge in [-0.3, -0.25) is 4.79 Å². The van der Waals surface area contributed by atoms with Crippen LogP contribution in [-0.2, 0) is 12.8 Å². The highest BCUT2D eigenvalue weighted by Crippen LogP contribution is 2.40. The van der Waals surface area contributed by atoms with E-state index in [-0.39, 0.29) is 31.4 Å². The third-order valence-corrected chi connectivity index (χ3v) is 6.11. The Kier molecular flexibility index (Phi) is 4.04. The maximum Gasteiger partial charge on any atom is 0.206 e. The summed E-state index contributed by atoms with van der Waals surface area (Å²) >= 11 is 25.6. The highest BCUT2D eigenvalue weighted by atomic mass is 35.5. The van der Waals surface area contributed by atoms with E-state index < -0.39 is 0 Å². The molecule has 20 heavy (non-hydrogen) atoms. The van der Waals surface area contributed by atoms with Crippen LogP contribution in [0.1, 0.15) is 32.1 Å². The minimum atomic E-state index is -0.196. The van der Waals surface area contributed by atoms with Crippen LogP contribution in [-0.4, -0.2) is 5.78 Å². The lowest BCUT2D eigenvalue weighted by molar-refractivity contribution is 0.104. The van der Waals surface area contributed by atoms with Crippen LogP contribution in [0.2, 0.25) is 20.1 Å². The number of ketones is 1. The molecule has 0 unspecified atom stereocenters. The maximum absolute atomic E-state index is 12.6. The van der Waals surface area contributed by atoms with Crippen LogP contribution < -0.4 is 0 Å². The molecule has 0 fully saturated rings. The second kappa shape index (κ2) is 5.51. The standard InChI is InChI=1S/C14H8Cl4OS/c15-7-5-8(16)12(17)13(18)11(7)14(19)10-4-6-2-1-3-9(6)20-10/h4-5H,1-3H2. The van der Waals surface area contributed by atoms with Crippen molar-refractivity contribution in [2.24, 2.45) is 0 Å². The third kappa shape index (κ3) is 2.38. The average Bonchev–Trinajstić information content (AvgIpc) is 2.96. The number of rotatable bonds is 2.